The molecule has 8 nitrogen and oxygen atoms in total. The molecule has 0 bridgehead atoms. The van der Waals surface area contributed by atoms with Gasteiger partial charge in [0, 0.05) is 31.4 Å². The molecule has 0 radical (unpaired) electrons. The molecule has 6 N–H and O–H groups in total. The first-order valence-electron chi connectivity index (χ1n) is 8.05. The number of carboxylic acids is 1. The Labute approximate surface area is 162 Å². The number of halogens is 4. The second-order valence-electron chi connectivity index (χ2n) is 5.49. The van der Waals surface area contributed by atoms with Gasteiger partial charge >= 0.3 is 13.6 Å². The Morgan fingerprint density at radius 3 is 2.31 bits per heavy atom. The van der Waals surface area contributed by atoms with Gasteiger partial charge in [0.05, 0.1) is 6.61 Å². The maximum atomic E-state index is 12.2. The lowest BCUT2D eigenvalue weighted by molar-refractivity contribution is -0.150. The molecule has 2 atom stereocenters. The molecule has 1 heterocycles. The predicted octanol–water partition coefficient (Wildman–Crippen LogP) is 1.66. The molecular weight excluding hydrogens is 416 g/mol. The Kier molecular flexibility index (Phi) is 13.1. The Hall–Kier alpha value is -0.0600. The second kappa shape index (κ2) is 13.2. The number of alkyl halides is 4. The number of carbonyl (C=O) groups is 1. The van der Waals surface area contributed by atoms with Gasteiger partial charge in [-0.2, -0.15) is 0 Å². The highest BCUT2D eigenvalue weighted by molar-refractivity contribution is 7.54. The largest absolute Gasteiger partial charge is 0.480 e. The van der Waals surface area contributed by atoms with Crippen molar-refractivity contribution in [3.05, 3.63) is 0 Å². The van der Waals surface area contributed by atoms with Crippen LogP contribution < -0.4 is 16.6 Å². The average Bonchev–Trinajstić information content (AvgIpc) is 2.60. The highest BCUT2D eigenvalue weighted by Gasteiger charge is 2.43. The number of hydrogen-bond acceptors (Lipinski definition) is 5. The fourth-order valence-electron chi connectivity index (χ4n) is 1.98. The van der Waals surface area contributed by atoms with Crippen molar-refractivity contribution in [1.29, 1.82) is 0 Å². The Bertz CT molecular complexity index is 452. The van der Waals surface area contributed by atoms with Gasteiger partial charge in [-0.15, -0.1) is 23.2 Å². The summed E-state index contributed by atoms with van der Waals surface area (Å²) in [5.74, 6) is -0.844. The van der Waals surface area contributed by atoms with Crippen LogP contribution in [0, 0.1) is 0 Å². The zero-order chi connectivity index (χ0) is 20.2. The van der Waals surface area contributed by atoms with Crippen LogP contribution in [0.4, 0.5) is 8.78 Å². The van der Waals surface area contributed by atoms with Gasteiger partial charge in [0.25, 0.3) is 6.43 Å². The quantitative estimate of drug-likeness (QED) is 0.296. The van der Waals surface area contributed by atoms with E-state index in [0.29, 0.717) is 31.5 Å². The Morgan fingerprint density at radius 2 is 1.96 bits per heavy atom. The van der Waals surface area contributed by atoms with Crippen LogP contribution in [-0.4, -0.2) is 72.3 Å². The number of hydrogen-bond donors (Lipinski definition) is 4. The topological polar surface area (TPSA) is 131 Å². The van der Waals surface area contributed by atoms with Crippen LogP contribution in [0.15, 0.2) is 0 Å². The summed E-state index contributed by atoms with van der Waals surface area (Å²) >= 11 is 11.2. The number of nitrogens with zero attached hydrogens (tertiary/aromatic N) is 1. The van der Waals surface area contributed by atoms with Crippen LogP contribution in [-0.2, 0) is 13.9 Å². The van der Waals surface area contributed by atoms with Crippen molar-refractivity contribution in [3.8, 4) is 0 Å². The molecule has 2 unspecified atom stereocenters. The second-order valence-corrected chi connectivity index (χ2v) is 8.42. The number of rotatable bonds is 10. The highest BCUT2D eigenvalue weighted by atomic mass is 35.5. The van der Waals surface area contributed by atoms with E-state index < -0.39 is 25.6 Å². The van der Waals surface area contributed by atoms with Crippen molar-refractivity contribution in [3.63, 3.8) is 0 Å². The highest BCUT2D eigenvalue weighted by Crippen LogP contribution is 2.48. The number of nitrogens with one attached hydrogen (secondary N) is 1. The van der Waals surface area contributed by atoms with Crippen LogP contribution in [0.25, 0.3) is 0 Å². The summed E-state index contributed by atoms with van der Waals surface area (Å²) in [5, 5.41) is 11.3. The van der Waals surface area contributed by atoms with Crippen molar-refractivity contribution in [2.45, 2.75) is 31.2 Å². The van der Waals surface area contributed by atoms with Gasteiger partial charge < -0.3 is 21.1 Å². The lowest BCUT2D eigenvalue weighted by atomic mass is 9.95. The van der Waals surface area contributed by atoms with Gasteiger partial charge in [0.15, 0.2) is 5.54 Å². The van der Waals surface area contributed by atoms with E-state index in [-0.39, 0.29) is 19.4 Å². The van der Waals surface area contributed by atoms with E-state index in [0.717, 1.165) is 13.0 Å². The molecular formula is C13H27Cl2F2N4O4P. The van der Waals surface area contributed by atoms with Gasteiger partial charge in [-0.3, -0.25) is 4.57 Å². The van der Waals surface area contributed by atoms with Crippen LogP contribution in [0.3, 0.4) is 0 Å². The summed E-state index contributed by atoms with van der Waals surface area (Å²) in [6.07, 6.45) is -2.31. The number of carboxylic acid groups (broad SMARTS) is 1. The van der Waals surface area contributed by atoms with E-state index >= 15 is 0 Å². The molecule has 0 aromatic heterocycles. The maximum absolute atomic E-state index is 12.2. The van der Waals surface area contributed by atoms with Crippen LogP contribution >= 0.6 is 30.9 Å². The predicted molar refractivity (Wildman–Crippen MR) is 98.0 cm³/mol. The van der Waals surface area contributed by atoms with Crippen molar-refractivity contribution in [2.24, 2.45) is 11.5 Å². The molecule has 156 valence electrons. The summed E-state index contributed by atoms with van der Waals surface area (Å²) in [5.41, 5.74) is 7.56. The first-order chi connectivity index (χ1) is 12.2. The molecule has 1 fully saturated rings. The zero-order valence-electron chi connectivity index (χ0n) is 14.4. The monoisotopic (exact) mass is 442 g/mol. The van der Waals surface area contributed by atoms with Gasteiger partial charge in [0.2, 0.25) is 0 Å². The average molecular weight is 443 g/mol. The fourth-order valence-corrected chi connectivity index (χ4v) is 4.62. The van der Waals surface area contributed by atoms with Crippen molar-refractivity contribution in [1.82, 2.24) is 9.76 Å². The third-order valence-corrected chi connectivity index (χ3v) is 6.18. The molecule has 26 heavy (non-hydrogen) atoms. The number of nitrogens with two attached hydrogens (primary N) is 2. The van der Waals surface area contributed by atoms with E-state index in [4.69, 9.17) is 44.3 Å². The van der Waals surface area contributed by atoms with Gasteiger partial charge in [-0.1, -0.05) is 0 Å². The molecule has 0 aliphatic carbocycles. The zero-order valence-corrected chi connectivity index (χ0v) is 16.8. The summed E-state index contributed by atoms with van der Waals surface area (Å²) in [6, 6.07) is 0. The summed E-state index contributed by atoms with van der Waals surface area (Å²) in [6.45, 7) is 2.46. The van der Waals surface area contributed by atoms with Gasteiger partial charge in [-0.05, 0) is 25.8 Å². The van der Waals surface area contributed by atoms with Crippen molar-refractivity contribution < 1.29 is 27.8 Å². The van der Waals surface area contributed by atoms with E-state index in [9.17, 15) is 18.1 Å². The fraction of sp³-hybridized carbons (Fsp3) is 0.923. The van der Waals surface area contributed by atoms with Gasteiger partial charge in [0.1, 0.15) is 0 Å². The van der Waals surface area contributed by atoms with E-state index in [1.54, 1.807) is 4.67 Å². The van der Waals surface area contributed by atoms with E-state index in [1.807, 2.05) is 0 Å². The third kappa shape index (κ3) is 8.31. The lowest BCUT2D eigenvalue weighted by Crippen LogP contribution is -2.54. The molecule has 0 amide bonds. The van der Waals surface area contributed by atoms with E-state index in [1.165, 1.54) is 0 Å². The first-order valence-corrected chi connectivity index (χ1v) is 10.7. The van der Waals surface area contributed by atoms with Crippen LogP contribution in [0.5, 0.6) is 0 Å². The molecule has 13 heteroatoms. The molecule has 0 aromatic rings. The molecule has 1 saturated heterocycles. The molecule has 1 aliphatic rings. The normalized spacial score (nSPS) is 22.6. The summed E-state index contributed by atoms with van der Waals surface area (Å²) in [7, 11) is -2.84. The van der Waals surface area contributed by atoms with E-state index in [2.05, 4.69) is 5.09 Å². The molecule has 1 rings (SSSR count). The molecule has 0 saturated carbocycles. The Balaban J connectivity index is 0.000000488. The van der Waals surface area contributed by atoms with Crippen molar-refractivity contribution >= 4 is 36.8 Å². The number of aliphatic carboxylic acids is 1. The third-order valence-electron chi connectivity index (χ3n) is 3.54. The minimum absolute atomic E-state index is 0.152. The summed E-state index contributed by atoms with van der Waals surface area (Å²) < 4.78 is 43.4. The van der Waals surface area contributed by atoms with Crippen molar-refractivity contribution in [2.75, 3.05) is 44.5 Å². The SMILES string of the molecule is NCCCC(N)(C(=O)O)C(F)F.O=P1(N(CCCl)CCCl)NCCCO1. The molecule has 0 spiro atoms. The standard InChI is InChI=1S/C7H15Cl2N2O2P.C6H12F2N2O2/c8-2-5-11(6-3-9)14(12)10-4-1-7-13-14;7-4(8)6(10,5(11)12)2-1-3-9/h1-7H2,(H,10,12);4H,1-3,9-10H2,(H,11,12). The minimum atomic E-state index is -3.07. The van der Waals surface area contributed by atoms with Crippen LogP contribution in [0.1, 0.15) is 19.3 Å². The Morgan fingerprint density at radius 1 is 1.38 bits per heavy atom. The minimum Gasteiger partial charge on any atom is -0.480 e. The molecule has 0 aromatic carbocycles. The summed E-state index contributed by atoms with van der Waals surface area (Å²) in [4.78, 5) is 10.3. The lowest BCUT2D eigenvalue weighted by Gasteiger charge is -2.33. The van der Waals surface area contributed by atoms with Gasteiger partial charge in [-0.25, -0.2) is 23.3 Å². The first kappa shape index (κ1) is 25.9. The molecule has 1 aliphatic heterocycles. The maximum Gasteiger partial charge on any atom is 0.343 e. The smallest absolute Gasteiger partial charge is 0.343 e. The van der Waals surface area contributed by atoms with Crippen LogP contribution in [0.2, 0.25) is 0 Å².